The van der Waals surface area contributed by atoms with Crippen molar-refractivity contribution in [1.29, 1.82) is 0 Å². The molecule has 0 heterocycles. The van der Waals surface area contributed by atoms with Gasteiger partial charge in [-0.05, 0) is 48.0 Å². The van der Waals surface area contributed by atoms with Gasteiger partial charge < -0.3 is 19.1 Å². The fraction of sp³-hybridized carbons (Fsp3) is 0.667. The predicted molar refractivity (Wildman–Crippen MR) is 108 cm³/mol. The van der Waals surface area contributed by atoms with E-state index < -0.39 is 35.2 Å². The first-order valence-electron chi connectivity index (χ1n) is 9.23. The Kier molecular flexibility index (Phi) is 9.98. The number of amides is 1. The first kappa shape index (κ1) is 25.7. The molecule has 0 aliphatic rings. The van der Waals surface area contributed by atoms with Gasteiger partial charge in [0, 0.05) is 13.1 Å². The maximum atomic E-state index is 12.4. The first-order chi connectivity index (χ1) is 12.7. The van der Waals surface area contributed by atoms with Crippen LogP contribution in [0.3, 0.4) is 0 Å². The molecule has 1 amide bonds. The van der Waals surface area contributed by atoms with Gasteiger partial charge in [-0.15, -0.1) is 6.58 Å². The number of ether oxygens (including phenoxy) is 3. The summed E-state index contributed by atoms with van der Waals surface area (Å²) in [5.41, 5.74) is -0.749. The minimum atomic E-state index is -0.688. The van der Waals surface area contributed by atoms with E-state index in [2.05, 4.69) is 13.2 Å². The van der Waals surface area contributed by atoms with E-state index >= 15 is 0 Å². The van der Waals surface area contributed by atoms with Crippen LogP contribution in [0.2, 0.25) is 0 Å². The molecule has 0 rings (SSSR count). The Morgan fingerprint density at radius 1 is 1.04 bits per heavy atom. The van der Waals surface area contributed by atoms with Gasteiger partial charge in [0.2, 0.25) is 0 Å². The predicted octanol–water partition coefficient (Wildman–Crippen LogP) is 3.88. The highest BCUT2D eigenvalue weighted by Gasteiger charge is 2.29. The van der Waals surface area contributed by atoms with Crippen molar-refractivity contribution in [3.63, 3.8) is 0 Å². The average Bonchev–Trinajstić information content (AvgIpc) is 2.48. The molecule has 0 aliphatic carbocycles. The number of rotatable bonds is 9. The summed E-state index contributed by atoms with van der Waals surface area (Å²) in [7, 11) is 1.28. The summed E-state index contributed by atoms with van der Waals surface area (Å²) in [6.45, 7) is 18.4. The second-order valence-corrected chi connectivity index (χ2v) is 8.61. The zero-order chi connectivity index (χ0) is 22.1. The third-order valence-corrected chi connectivity index (χ3v) is 3.33. The molecule has 0 spiro atoms. The van der Waals surface area contributed by atoms with Crippen LogP contribution in [0.15, 0.2) is 24.8 Å². The summed E-state index contributed by atoms with van der Waals surface area (Å²) in [5.74, 6) is -1.61. The van der Waals surface area contributed by atoms with Crippen LogP contribution in [0.25, 0.3) is 0 Å². The topological polar surface area (TPSA) is 82.1 Å². The zero-order valence-electron chi connectivity index (χ0n) is 18.3. The molecule has 0 radical (unpaired) electrons. The molecule has 0 bridgehead atoms. The molecule has 0 N–H and O–H groups in total. The fourth-order valence-corrected chi connectivity index (χ4v) is 2.36. The number of esters is 2. The minimum Gasteiger partial charge on any atom is -0.469 e. The summed E-state index contributed by atoms with van der Waals surface area (Å²) >= 11 is 0. The molecular formula is C21H35NO6. The van der Waals surface area contributed by atoms with Crippen molar-refractivity contribution in [2.24, 2.45) is 5.92 Å². The van der Waals surface area contributed by atoms with E-state index in [9.17, 15) is 14.4 Å². The van der Waals surface area contributed by atoms with Gasteiger partial charge in [0.05, 0.1) is 19.4 Å². The largest absolute Gasteiger partial charge is 0.469 e. The lowest BCUT2D eigenvalue weighted by atomic mass is 9.97. The smallest absolute Gasteiger partial charge is 0.410 e. The molecule has 0 saturated carbocycles. The highest BCUT2D eigenvalue weighted by molar-refractivity contribution is 5.76. The summed E-state index contributed by atoms with van der Waals surface area (Å²) in [5, 5.41) is 0. The number of carbonyl (C=O) groups excluding carboxylic acids is 3. The molecular weight excluding hydrogens is 362 g/mol. The van der Waals surface area contributed by atoms with Crippen LogP contribution in [-0.4, -0.2) is 54.3 Å². The normalized spacial score (nSPS) is 12.5. The van der Waals surface area contributed by atoms with E-state index in [0.717, 1.165) is 0 Å². The van der Waals surface area contributed by atoms with Gasteiger partial charge >= 0.3 is 18.0 Å². The Labute approximate surface area is 168 Å². The van der Waals surface area contributed by atoms with Gasteiger partial charge in [0.25, 0.3) is 0 Å². The summed E-state index contributed by atoms with van der Waals surface area (Å²) in [6.07, 6.45) is 1.16. The molecule has 7 nitrogen and oxygen atoms in total. The minimum absolute atomic E-state index is 0.0152. The van der Waals surface area contributed by atoms with Crippen molar-refractivity contribution in [2.75, 3.05) is 20.2 Å². The quantitative estimate of drug-likeness (QED) is 0.334. The fourth-order valence-electron chi connectivity index (χ4n) is 2.36. The highest BCUT2D eigenvalue weighted by Crippen LogP contribution is 2.20. The molecule has 0 aromatic carbocycles. The molecule has 0 saturated heterocycles. The van der Waals surface area contributed by atoms with Crippen LogP contribution in [-0.2, 0) is 23.8 Å². The second-order valence-electron chi connectivity index (χ2n) is 8.61. The van der Waals surface area contributed by atoms with Crippen LogP contribution in [0.4, 0.5) is 4.79 Å². The number of hydrogen-bond donors (Lipinski definition) is 0. The first-order valence-corrected chi connectivity index (χ1v) is 9.23. The van der Waals surface area contributed by atoms with Crippen molar-refractivity contribution < 1.29 is 28.6 Å². The molecule has 160 valence electrons. The van der Waals surface area contributed by atoms with Crippen LogP contribution >= 0.6 is 0 Å². The van der Waals surface area contributed by atoms with Crippen LogP contribution in [0.5, 0.6) is 0 Å². The van der Waals surface area contributed by atoms with Gasteiger partial charge in [-0.3, -0.25) is 9.59 Å². The third kappa shape index (κ3) is 11.4. The van der Waals surface area contributed by atoms with Crippen LogP contribution in [0.1, 0.15) is 54.4 Å². The molecule has 1 atom stereocenters. The van der Waals surface area contributed by atoms with E-state index in [1.807, 2.05) is 0 Å². The number of nitrogens with zero attached hydrogens (tertiary/aromatic N) is 1. The Bertz CT molecular complexity index is 583. The number of carbonyl (C=O) groups is 3. The van der Waals surface area contributed by atoms with Crippen molar-refractivity contribution in [2.45, 2.75) is 65.6 Å². The molecule has 0 fully saturated rings. The summed E-state index contributed by atoms with van der Waals surface area (Å²) < 4.78 is 15.5. The van der Waals surface area contributed by atoms with Crippen molar-refractivity contribution in [1.82, 2.24) is 4.90 Å². The SMILES string of the molecule is C=CCN(CC(CC(=C)CC(=O)OC(C)(C)C)C(=O)OC)C(=O)OC(C)(C)C. The van der Waals surface area contributed by atoms with Crippen LogP contribution < -0.4 is 0 Å². The molecule has 1 unspecified atom stereocenters. The Balaban J connectivity index is 5.15. The Morgan fingerprint density at radius 3 is 2.00 bits per heavy atom. The van der Waals surface area contributed by atoms with E-state index in [-0.39, 0.29) is 25.9 Å². The Hall–Kier alpha value is -2.31. The summed E-state index contributed by atoms with van der Waals surface area (Å²) in [4.78, 5) is 38.0. The lowest BCUT2D eigenvalue weighted by Gasteiger charge is -2.29. The van der Waals surface area contributed by atoms with E-state index in [1.165, 1.54) is 12.0 Å². The molecule has 0 aliphatic heterocycles. The number of hydrogen-bond acceptors (Lipinski definition) is 6. The van der Waals surface area contributed by atoms with Gasteiger partial charge in [0.1, 0.15) is 11.2 Å². The molecule has 0 aromatic heterocycles. The maximum absolute atomic E-state index is 12.4. The molecule has 7 heteroatoms. The average molecular weight is 398 g/mol. The molecule has 0 aromatic rings. The zero-order valence-corrected chi connectivity index (χ0v) is 18.3. The monoisotopic (exact) mass is 397 g/mol. The second kappa shape index (κ2) is 10.9. The van der Waals surface area contributed by atoms with Crippen molar-refractivity contribution in [3.05, 3.63) is 24.8 Å². The van der Waals surface area contributed by atoms with E-state index in [1.54, 1.807) is 47.6 Å². The van der Waals surface area contributed by atoms with Crippen molar-refractivity contribution >= 4 is 18.0 Å². The molecule has 28 heavy (non-hydrogen) atoms. The lowest BCUT2D eigenvalue weighted by Crippen LogP contribution is -2.41. The maximum Gasteiger partial charge on any atom is 0.410 e. The lowest BCUT2D eigenvalue weighted by molar-refractivity contribution is -0.154. The summed E-state index contributed by atoms with van der Waals surface area (Å²) in [6, 6.07) is 0. The van der Waals surface area contributed by atoms with Gasteiger partial charge in [0.15, 0.2) is 0 Å². The number of methoxy groups -OCH3 is 1. The van der Waals surface area contributed by atoms with Gasteiger partial charge in [-0.25, -0.2) is 4.79 Å². The van der Waals surface area contributed by atoms with E-state index in [0.29, 0.717) is 5.57 Å². The van der Waals surface area contributed by atoms with Gasteiger partial charge in [-0.2, -0.15) is 0 Å². The third-order valence-electron chi connectivity index (χ3n) is 3.33. The Morgan fingerprint density at radius 2 is 1.57 bits per heavy atom. The van der Waals surface area contributed by atoms with E-state index in [4.69, 9.17) is 14.2 Å². The van der Waals surface area contributed by atoms with Crippen molar-refractivity contribution in [3.8, 4) is 0 Å². The highest BCUT2D eigenvalue weighted by atomic mass is 16.6. The van der Waals surface area contributed by atoms with Crippen LogP contribution in [0, 0.1) is 5.92 Å². The van der Waals surface area contributed by atoms with Gasteiger partial charge in [-0.1, -0.05) is 18.2 Å². The standard InChI is InChI=1S/C21H35NO6/c1-10-11-22(19(25)28-21(6,7)8)14-16(18(24)26-9)12-15(2)13-17(23)27-20(3,4)5/h10,16H,1-2,11-14H2,3-9H3.